The zero-order chi connectivity index (χ0) is 13.5. The molecule has 1 heterocycles. The standard InChI is InChI=1S/C16H23N3/c1-2-18-12-16-8-3-4-9-19(16)13-15-7-5-6-14(10-15)11-17/h5-7,10,16,18H,2-4,8-9,12-13H2,1H3. The number of likely N-dealkylation sites (tertiary alicyclic amines) is 1. The maximum Gasteiger partial charge on any atom is 0.0991 e. The molecule has 3 heteroatoms. The van der Waals surface area contributed by atoms with Gasteiger partial charge in [-0.25, -0.2) is 0 Å². The smallest absolute Gasteiger partial charge is 0.0991 e. The largest absolute Gasteiger partial charge is 0.315 e. The Balaban J connectivity index is 2.00. The molecule has 1 N–H and O–H groups in total. The predicted octanol–water partition coefficient (Wildman–Crippen LogP) is 2.52. The average molecular weight is 257 g/mol. The molecule has 1 unspecified atom stereocenters. The number of hydrogen-bond acceptors (Lipinski definition) is 3. The van der Waals surface area contributed by atoms with Crippen molar-refractivity contribution >= 4 is 0 Å². The summed E-state index contributed by atoms with van der Waals surface area (Å²) in [6, 6.07) is 10.8. The van der Waals surface area contributed by atoms with Gasteiger partial charge in [-0.15, -0.1) is 0 Å². The van der Waals surface area contributed by atoms with E-state index >= 15 is 0 Å². The molecule has 0 bridgehead atoms. The number of likely N-dealkylation sites (N-methyl/N-ethyl adjacent to an activating group) is 1. The third-order valence-electron chi connectivity index (χ3n) is 3.82. The van der Waals surface area contributed by atoms with Crippen LogP contribution in [0.3, 0.4) is 0 Å². The number of nitriles is 1. The Morgan fingerprint density at radius 2 is 2.32 bits per heavy atom. The van der Waals surface area contributed by atoms with Gasteiger partial charge in [0.15, 0.2) is 0 Å². The average Bonchev–Trinajstić information content (AvgIpc) is 2.46. The van der Waals surface area contributed by atoms with Crippen LogP contribution < -0.4 is 5.32 Å². The number of hydrogen-bond donors (Lipinski definition) is 1. The van der Waals surface area contributed by atoms with Gasteiger partial charge >= 0.3 is 0 Å². The quantitative estimate of drug-likeness (QED) is 0.881. The van der Waals surface area contributed by atoms with Gasteiger partial charge in [-0.3, -0.25) is 4.90 Å². The lowest BCUT2D eigenvalue weighted by Gasteiger charge is -2.36. The lowest BCUT2D eigenvalue weighted by atomic mass is 10.0. The lowest BCUT2D eigenvalue weighted by Crippen LogP contribution is -2.44. The van der Waals surface area contributed by atoms with Crippen LogP contribution in [0.1, 0.15) is 37.3 Å². The van der Waals surface area contributed by atoms with E-state index in [0.29, 0.717) is 6.04 Å². The number of benzene rings is 1. The van der Waals surface area contributed by atoms with Gasteiger partial charge in [0.1, 0.15) is 0 Å². The molecule has 0 radical (unpaired) electrons. The number of nitrogens with zero attached hydrogens (tertiary/aromatic N) is 2. The van der Waals surface area contributed by atoms with Gasteiger partial charge in [0.25, 0.3) is 0 Å². The molecule has 2 rings (SSSR count). The first-order valence-electron chi connectivity index (χ1n) is 7.27. The minimum Gasteiger partial charge on any atom is -0.315 e. The van der Waals surface area contributed by atoms with E-state index in [0.717, 1.165) is 25.2 Å². The van der Waals surface area contributed by atoms with Gasteiger partial charge in [-0.2, -0.15) is 5.26 Å². The molecule has 0 amide bonds. The molecule has 102 valence electrons. The van der Waals surface area contributed by atoms with E-state index in [-0.39, 0.29) is 0 Å². The second kappa shape index (κ2) is 7.28. The maximum absolute atomic E-state index is 8.96. The van der Waals surface area contributed by atoms with Crippen molar-refractivity contribution in [2.75, 3.05) is 19.6 Å². The zero-order valence-corrected chi connectivity index (χ0v) is 11.7. The monoisotopic (exact) mass is 257 g/mol. The normalized spacial score (nSPS) is 20.1. The maximum atomic E-state index is 8.96. The van der Waals surface area contributed by atoms with Gasteiger partial charge in [0.05, 0.1) is 11.6 Å². The van der Waals surface area contributed by atoms with Crippen LogP contribution in [0.5, 0.6) is 0 Å². The molecule has 1 aromatic carbocycles. The lowest BCUT2D eigenvalue weighted by molar-refractivity contribution is 0.138. The Morgan fingerprint density at radius 1 is 1.42 bits per heavy atom. The van der Waals surface area contributed by atoms with Crippen molar-refractivity contribution < 1.29 is 0 Å². The molecule has 1 atom stereocenters. The molecule has 1 fully saturated rings. The van der Waals surface area contributed by atoms with E-state index < -0.39 is 0 Å². The molecule has 0 saturated carbocycles. The summed E-state index contributed by atoms with van der Waals surface area (Å²) in [5.74, 6) is 0. The van der Waals surface area contributed by atoms with E-state index in [2.05, 4.69) is 29.3 Å². The van der Waals surface area contributed by atoms with Crippen LogP contribution in [0.2, 0.25) is 0 Å². The van der Waals surface area contributed by atoms with Crippen LogP contribution >= 0.6 is 0 Å². The summed E-state index contributed by atoms with van der Waals surface area (Å²) in [5, 5.41) is 12.4. The highest BCUT2D eigenvalue weighted by molar-refractivity contribution is 5.32. The summed E-state index contributed by atoms with van der Waals surface area (Å²) in [4.78, 5) is 2.56. The van der Waals surface area contributed by atoms with E-state index in [9.17, 15) is 0 Å². The van der Waals surface area contributed by atoms with Gasteiger partial charge in [0.2, 0.25) is 0 Å². The van der Waals surface area contributed by atoms with Crippen LogP contribution in [-0.4, -0.2) is 30.6 Å². The van der Waals surface area contributed by atoms with Crippen molar-refractivity contribution in [2.24, 2.45) is 0 Å². The predicted molar refractivity (Wildman–Crippen MR) is 77.7 cm³/mol. The fraction of sp³-hybridized carbons (Fsp3) is 0.562. The number of piperidine rings is 1. The molecule has 1 saturated heterocycles. The van der Waals surface area contributed by atoms with Crippen LogP contribution in [0.15, 0.2) is 24.3 Å². The number of nitrogens with one attached hydrogen (secondary N) is 1. The van der Waals surface area contributed by atoms with E-state index in [1.165, 1.54) is 31.4 Å². The minimum atomic E-state index is 0.638. The van der Waals surface area contributed by atoms with E-state index in [4.69, 9.17) is 5.26 Å². The highest BCUT2D eigenvalue weighted by Gasteiger charge is 2.21. The first-order chi connectivity index (χ1) is 9.33. The van der Waals surface area contributed by atoms with Gasteiger partial charge in [-0.05, 0) is 43.6 Å². The molecule has 0 aliphatic carbocycles. The van der Waals surface area contributed by atoms with Crippen molar-refractivity contribution in [3.63, 3.8) is 0 Å². The SMILES string of the molecule is CCNCC1CCCCN1Cc1cccc(C#N)c1. The third-order valence-corrected chi connectivity index (χ3v) is 3.82. The third kappa shape index (κ3) is 4.05. The number of rotatable bonds is 5. The second-order valence-electron chi connectivity index (χ2n) is 5.24. The summed E-state index contributed by atoms with van der Waals surface area (Å²) in [7, 11) is 0. The minimum absolute atomic E-state index is 0.638. The van der Waals surface area contributed by atoms with Crippen molar-refractivity contribution in [1.29, 1.82) is 5.26 Å². The van der Waals surface area contributed by atoms with E-state index in [1.54, 1.807) is 0 Å². The molecular weight excluding hydrogens is 234 g/mol. The summed E-state index contributed by atoms with van der Waals surface area (Å²) in [6.45, 7) is 6.41. The van der Waals surface area contributed by atoms with E-state index in [1.807, 2.05) is 18.2 Å². The topological polar surface area (TPSA) is 39.1 Å². The summed E-state index contributed by atoms with van der Waals surface area (Å²) in [5.41, 5.74) is 2.01. The highest BCUT2D eigenvalue weighted by atomic mass is 15.2. The molecule has 1 aliphatic heterocycles. The fourth-order valence-corrected chi connectivity index (χ4v) is 2.78. The second-order valence-corrected chi connectivity index (χ2v) is 5.24. The van der Waals surface area contributed by atoms with Crippen molar-refractivity contribution in [2.45, 2.75) is 38.8 Å². The Morgan fingerprint density at radius 3 is 3.11 bits per heavy atom. The van der Waals surface area contributed by atoms with Crippen molar-refractivity contribution in [3.8, 4) is 6.07 Å². The molecule has 3 nitrogen and oxygen atoms in total. The highest BCUT2D eigenvalue weighted by Crippen LogP contribution is 2.19. The summed E-state index contributed by atoms with van der Waals surface area (Å²) >= 11 is 0. The fourth-order valence-electron chi connectivity index (χ4n) is 2.78. The Labute approximate surface area is 116 Å². The van der Waals surface area contributed by atoms with Crippen molar-refractivity contribution in [1.82, 2.24) is 10.2 Å². The Bertz CT molecular complexity index is 436. The van der Waals surface area contributed by atoms with Gasteiger partial charge in [0, 0.05) is 19.1 Å². The molecule has 1 aromatic rings. The summed E-state index contributed by atoms with van der Waals surface area (Å²) < 4.78 is 0. The van der Waals surface area contributed by atoms with Crippen LogP contribution in [0, 0.1) is 11.3 Å². The first-order valence-corrected chi connectivity index (χ1v) is 7.27. The zero-order valence-electron chi connectivity index (χ0n) is 11.7. The van der Waals surface area contributed by atoms with Gasteiger partial charge < -0.3 is 5.32 Å². The Kier molecular flexibility index (Phi) is 5.38. The molecule has 1 aliphatic rings. The molecule has 0 spiro atoms. The summed E-state index contributed by atoms with van der Waals surface area (Å²) in [6.07, 6.45) is 3.91. The van der Waals surface area contributed by atoms with Crippen LogP contribution in [-0.2, 0) is 6.54 Å². The molecule has 19 heavy (non-hydrogen) atoms. The van der Waals surface area contributed by atoms with Crippen molar-refractivity contribution in [3.05, 3.63) is 35.4 Å². The van der Waals surface area contributed by atoms with Crippen LogP contribution in [0.25, 0.3) is 0 Å². The first kappa shape index (κ1) is 14.0. The molecule has 0 aromatic heterocycles. The van der Waals surface area contributed by atoms with Crippen LogP contribution in [0.4, 0.5) is 0 Å². The molecular formula is C16H23N3. The van der Waals surface area contributed by atoms with Gasteiger partial charge in [-0.1, -0.05) is 25.5 Å². The Hall–Kier alpha value is -1.37.